The van der Waals surface area contributed by atoms with Gasteiger partial charge in [-0.15, -0.1) is 0 Å². The van der Waals surface area contributed by atoms with Crippen molar-refractivity contribution in [1.82, 2.24) is 0 Å². The molecule has 36 heavy (non-hydrogen) atoms. The van der Waals surface area contributed by atoms with Crippen LogP contribution in [0.1, 0.15) is 23.6 Å². The molecule has 0 amide bonds. The number of para-hydroxylation sites is 1. The lowest BCUT2D eigenvalue weighted by Gasteiger charge is -2.12. The number of esters is 1. The van der Waals surface area contributed by atoms with Crippen molar-refractivity contribution < 1.29 is 19.4 Å². The van der Waals surface area contributed by atoms with Gasteiger partial charge in [-0.25, -0.2) is 9.79 Å². The molecule has 3 aromatic rings. The lowest BCUT2D eigenvalue weighted by molar-refractivity contribution is -0.138. The van der Waals surface area contributed by atoms with Crippen LogP contribution in [0, 0.1) is 6.92 Å². The predicted molar refractivity (Wildman–Crippen MR) is 153 cm³/mol. The summed E-state index contributed by atoms with van der Waals surface area (Å²) in [5.74, 6) is -0.0842. The second-order valence-corrected chi connectivity index (χ2v) is 10.6. The number of benzene rings is 3. The molecule has 0 fully saturated rings. The summed E-state index contributed by atoms with van der Waals surface area (Å²) in [5.41, 5.74) is 3.80. The number of halogens is 2. The average molecular weight is 629 g/mol. The van der Waals surface area contributed by atoms with Gasteiger partial charge in [-0.05, 0) is 87.2 Å². The minimum atomic E-state index is -0.608. The zero-order valence-corrected chi connectivity index (χ0v) is 23.6. The van der Waals surface area contributed by atoms with E-state index in [0.29, 0.717) is 28.0 Å². The fourth-order valence-electron chi connectivity index (χ4n) is 3.52. The van der Waals surface area contributed by atoms with E-state index in [4.69, 9.17) is 9.47 Å². The lowest BCUT2D eigenvalue weighted by Crippen LogP contribution is -2.12. The Labute approximate surface area is 231 Å². The van der Waals surface area contributed by atoms with Gasteiger partial charge < -0.3 is 14.6 Å². The molecule has 0 saturated heterocycles. The van der Waals surface area contributed by atoms with Gasteiger partial charge in [0.25, 0.3) is 0 Å². The van der Waals surface area contributed by atoms with E-state index in [0.717, 1.165) is 20.1 Å². The SMILES string of the molecule is CCOC(=O)C1=C(O)/C(=C/c2cc(Br)c(OCc3cccc(C)c3)c(Br)c2)SC1=Nc1ccccc1. The third-order valence-electron chi connectivity index (χ3n) is 5.14. The molecule has 0 aromatic heterocycles. The van der Waals surface area contributed by atoms with E-state index in [-0.39, 0.29) is 17.9 Å². The smallest absolute Gasteiger partial charge is 0.344 e. The van der Waals surface area contributed by atoms with Gasteiger partial charge in [0.2, 0.25) is 0 Å². The monoisotopic (exact) mass is 627 g/mol. The van der Waals surface area contributed by atoms with Crippen molar-refractivity contribution in [3.63, 3.8) is 0 Å². The maximum Gasteiger partial charge on any atom is 0.344 e. The van der Waals surface area contributed by atoms with Crippen LogP contribution in [0.5, 0.6) is 5.75 Å². The lowest BCUT2D eigenvalue weighted by atomic mass is 10.1. The van der Waals surface area contributed by atoms with Gasteiger partial charge >= 0.3 is 5.97 Å². The number of ether oxygens (including phenoxy) is 2. The first kappa shape index (κ1) is 26.3. The minimum absolute atomic E-state index is 0.0631. The number of rotatable bonds is 7. The standard InChI is InChI=1S/C28H23Br2NO4S/c1-3-34-28(33)24-25(32)23(36-27(24)31-20-10-5-4-6-11-20)15-19-13-21(29)26(22(30)14-19)35-16-18-9-7-8-17(2)12-18/h4-15,32H,3,16H2,1-2H3/b23-15-,31-27?. The first-order valence-electron chi connectivity index (χ1n) is 11.2. The molecule has 0 aliphatic carbocycles. The van der Waals surface area contributed by atoms with Crippen LogP contribution in [-0.4, -0.2) is 22.7 Å². The normalized spacial score (nSPS) is 15.6. The Morgan fingerprint density at radius 1 is 1.06 bits per heavy atom. The molecule has 1 N–H and O–H groups in total. The van der Waals surface area contributed by atoms with E-state index < -0.39 is 5.97 Å². The quantitative estimate of drug-likeness (QED) is 0.267. The summed E-state index contributed by atoms with van der Waals surface area (Å²) in [5, 5.41) is 11.3. The van der Waals surface area contributed by atoms with Gasteiger partial charge in [0.1, 0.15) is 28.7 Å². The molecule has 3 aromatic carbocycles. The van der Waals surface area contributed by atoms with Crippen LogP contribution < -0.4 is 4.74 Å². The van der Waals surface area contributed by atoms with Crippen LogP contribution in [0.3, 0.4) is 0 Å². The molecule has 5 nitrogen and oxygen atoms in total. The molecule has 0 saturated carbocycles. The number of thioether (sulfide) groups is 1. The van der Waals surface area contributed by atoms with E-state index in [9.17, 15) is 9.90 Å². The summed E-state index contributed by atoms with van der Waals surface area (Å²) in [7, 11) is 0. The molecule has 0 atom stereocenters. The van der Waals surface area contributed by atoms with E-state index in [1.807, 2.05) is 67.6 Å². The molecule has 184 valence electrons. The van der Waals surface area contributed by atoms with E-state index in [2.05, 4.69) is 42.9 Å². The van der Waals surface area contributed by atoms with Crippen molar-refractivity contribution in [2.45, 2.75) is 20.5 Å². The Morgan fingerprint density at radius 3 is 2.44 bits per heavy atom. The first-order chi connectivity index (χ1) is 17.4. The van der Waals surface area contributed by atoms with Crippen LogP contribution >= 0.6 is 43.6 Å². The van der Waals surface area contributed by atoms with Crippen molar-refractivity contribution in [2.24, 2.45) is 4.99 Å². The Bertz CT molecular complexity index is 1360. The first-order valence-corrected chi connectivity index (χ1v) is 13.6. The highest BCUT2D eigenvalue weighted by Gasteiger charge is 2.33. The van der Waals surface area contributed by atoms with E-state index in [1.165, 1.54) is 17.3 Å². The molecule has 0 spiro atoms. The van der Waals surface area contributed by atoms with E-state index >= 15 is 0 Å². The fraction of sp³-hybridized carbons (Fsp3) is 0.143. The summed E-state index contributed by atoms with van der Waals surface area (Å²) in [6.45, 7) is 4.40. The summed E-state index contributed by atoms with van der Waals surface area (Å²) < 4.78 is 12.7. The zero-order valence-electron chi connectivity index (χ0n) is 19.6. The van der Waals surface area contributed by atoms with Gasteiger partial charge in [0.05, 0.1) is 26.1 Å². The second-order valence-electron chi connectivity index (χ2n) is 7.90. The topological polar surface area (TPSA) is 68.1 Å². The highest BCUT2D eigenvalue weighted by molar-refractivity contribution is 9.11. The number of carbonyl (C=O) groups is 1. The summed E-state index contributed by atoms with van der Waals surface area (Å²) in [4.78, 5) is 17.7. The molecule has 8 heteroatoms. The van der Waals surface area contributed by atoms with Gasteiger partial charge in [-0.2, -0.15) is 0 Å². The summed E-state index contributed by atoms with van der Waals surface area (Å²) >= 11 is 8.42. The van der Waals surface area contributed by atoms with Crippen LogP contribution in [-0.2, 0) is 16.1 Å². The molecule has 1 aliphatic rings. The summed E-state index contributed by atoms with van der Waals surface area (Å²) in [6.07, 6.45) is 1.80. The average Bonchev–Trinajstić information content (AvgIpc) is 3.13. The molecule has 4 rings (SSSR count). The number of hydrogen-bond donors (Lipinski definition) is 1. The van der Waals surface area contributed by atoms with Crippen LogP contribution in [0.15, 0.2) is 96.9 Å². The Hall–Kier alpha value is -2.81. The molecule has 1 heterocycles. The predicted octanol–water partition coefficient (Wildman–Crippen LogP) is 8.29. The maximum absolute atomic E-state index is 12.6. The molecule has 0 unspecified atom stereocenters. The van der Waals surface area contributed by atoms with Crippen molar-refractivity contribution in [2.75, 3.05) is 6.61 Å². The zero-order chi connectivity index (χ0) is 25.7. The number of aryl methyl sites for hydroxylation is 1. The van der Waals surface area contributed by atoms with Crippen molar-refractivity contribution in [3.05, 3.63) is 109 Å². The minimum Gasteiger partial charge on any atom is -0.506 e. The Morgan fingerprint density at radius 2 is 1.78 bits per heavy atom. The number of hydrogen-bond acceptors (Lipinski definition) is 6. The van der Waals surface area contributed by atoms with Gasteiger partial charge in [0, 0.05) is 0 Å². The number of aliphatic hydroxyl groups is 1. The highest BCUT2D eigenvalue weighted by Crippen LogP contribution is 2.42. The van der Waals surface area contributed by atoms with Crippen molar-refractivity contribution >= 4 is 66.4 Å². The highest BCUT2D eigenvalue weighted by atomic mass is 79.9. The van der Waals surface area contributed by atoms with Crippen LogP contribution in [0.2, 0.25) is 0 Å². The Kier molecular flexibility index (Phi) is 8.72. The molecular weight excluding hydrogens is 606 g/mol. The number of carbonyl (C=O) groups excluding carboxylic acids is 1. The summed E-state index contributed by atoms with van der Waals surface area (Å²) in [6, 6.07) is 21.2. The van der Waals surface area contributed by atoms with Crippen molar-refractivity contribution in [3.8, 4) is 5.75 Å². The van der Waals surface area contributed by atoms with Gasteiger partial charge in [0.15, 0.2) is 0 Å². The van der Waals surface area contributed by atoms with Gasteiger partial charge in [-0.3, -0.25) is 0 Å². The third-order valence-corrected chi connectivity index (χ3v) is 7.34. The molecule has 0 bridgehead atoms. The second kappa shape index (κ2) is 12.0. The molecule has 1 aliphatic heterocycles. The maximum atomic E-state index is 12.6. The third kappa shape index (κ3) is 6.30. The van der Waals surface area contributed by atoms with Crippen LogP contribution in [0.25, 0.3) is 6.08 Å². The number of nitrogens with zero attached hydrogens (tertiary/aromatic N) is 1. The Balaban J connectivity index is 1.63. The number of aliphatic imine (C=N–C) groups is 1. The fourth-order valence-corrected chi connectivity index (χ4v) is 6.01. The largest absolute Gasteiger partial charge is 0.506 e. The molecule has 0 radical (unpaired) electrons. The number of aliphatic hydroxyl groups excluding tert-OH is 1. The van der Waals surface area contributed by atoms with E-state index in [1.54, 1.807) is 13.0 Å². The van der Waals surface area contributed by atoms with Gasteiger partial charge in [-0.1, -0.05) is 59.8 Å². The molecular formula is C28H23Br2NO4S. The van der Waals surface area contributed by atoms with Crippen molar-refractivity contribution in [1.29, 1.82) is 0 Å². The van der Waals surface area contributed by atoms with Crippen LogP contribution in [0.4, 0.5) is 5.69 Å².